The predicted octanol–water partition coefficient (Wildman–Crippen LogP) is 4.26. The van der Waals surface area contributed by atoms with Gasteiger partial charge in [0.1, 0.15) is 17.7 Å². The third-order valence-corrected chi connectivity index (χ3v) is 4.29. The van der Waals surface area contributed by atoms with Gasteiger partial charge in [-0.25, -0.2) is 4.98 Å². The Morgan fingerprint density at radius 1 is 1.27 bits per heavy atom. The van der Waals surface area contributed by atoms with E-state index in [0.29, 0.717) is 22.6 Å². The molecule has 0 aliphatic heterocycles. The molecule has 0 aliphatic rings. The first-order chi connectivity index (χ1) is 12.6. The molecule has 26 heavy (non-hydrogen) atoms. The number of imidazole rings is 1. The number of fused-ring (bicyclic) bond motifs is 1. The number of rotatable bonds is 6. The summed E-state index contributed by atoms with van der Waals surface area (Å²) in [5, 5.41) is 0.494. The Bertz CT molecular complexity index is 1040. The van der Waals surface area contributed by atoms with Crippen LogP contribution in [0.15, 0.2) is 64.3 Å². The fraction of sp³-hybridized carbons (Fsp3) is 0.190. The number of hydrogen-bond donors (Lipinski definition) is 0. The van der Waals surface area contributed by atoms with Gasteiger partial charge in [-0.05, 0) is 49.8 Å². The normalized spacial score (nSPS) is 13.0. The minimum Gasteiger partial charge on any atom is -0.463 e. The summed E-state index contributed by atoms with van der Waals surface area (Å²) in [4.78, 5) is 28.7. The number of carbonyl (C=O) groups is 1. The van der Waals surface area contributed by atoms with Crippen molar-refractivity contribution in [2.75, 3.05) is 0 Å². The lowest BCUT2D eigenvalue weighted by molar-refractivity contribution is -0.110. The van der Waals surface area contributed by atoms with Gasteiger partial charge in [0, 0.05) is 18.4 Å². The highest BCUT2D eigenvalue weighted by molar-refractivity contribution is 6.04. The van der Waals surface area contributed by atoms with Crippen LogP contribution in [-0.2, 0) is 4.79 Å². The van der Waals surface area contributed by atoms with Crippen LogP contribution in [0.5, 0.6) is 0 Å². The number of hydrogen-bond acceptors (Lipinski definition) is 4. The van der Waals surface area contributed by atoms with Crippen LogP contribution in [0.1, 0.15) is 37.7 Å². The van der Waals surface area contributed by atoms with Gasteiger partial charge in [-0.15, -0.1) is 0 Å². The third kappa shape index (κ3) is 3.72. The van der Waals surface area contributed by atoms with Crippen LogP contribution in [0.2, 0.25) is 0 Å². The van der Waals surface area contributed by atoms with Crippen molar-refractivity contribution in [1.82, 2.24) is 9.55 Å². The van der Waals surface area contributed by atoms with E-state index in [2.05, 4.69) is 18.8 Å². The van der Waals surface area contributed by atoms with E-state index < -0.39 is 0 Å². The zero-order valence-corrected chi connectivity index (χ0v) is 14.8. The number of nitrogens with zero attached hydrogens (tertiary/aromatic N) is 2. The molecule has 0 spiro atoms. The molecule has 0 saturated heterocycles. The summed E-state index contributed by atoms with van der Waals surface area (Å²) >= 11 is 0. The largest absolute Gasteiger partial charge is 0.463 e. The standard InChI is InChI=1S/C21H20N2O3/c1-3-15(2)23-13-12-22-20(23)11-10-17(24)9-8-16-14-26-19-7-5-4-6-18(19)21(16)25/h4-15H,3H2,1-2H3/b9-8+,11-10+. The number of allylic oxidation sites excluding steroid dienone is 2. The van der Waals surface area contributed by atoms with E-state index in [1.54, 1.807) is 36.5 Å². The number of para-hydroxylation sites is 1. The van der Waals surface area contributed by atoms with Gasteiger partial charge >= 0.3 is 0 Å². The van der Waals surface area contributed by atoms with E-state index in [4.69, 9.17) is 4.42 Å². The van der Waals surface area contributed by atoms with Crippen molar-refractivity contribution in [2.24, 2.45) is 0 Å². The van der Waals surface area contributed by atoms with E-state index in [0.717, 1.165) is 12.2 Å². The number of carbonyl (C=O) groups excluding carboxylic acids is 1. The van der Waals surface area contributed by atoms with Gasteiger partial charge in [0.05, 0.1) is 10.9 Å². The highest BCUT2D eigenvalue weighted by Crippen LogP contribution is 2.14. The highest BCUT2D eigenvalue weighted by Gasteiger charge is 2.06. The van der Waals surface area contributed by atoms with E-state index in [1.807, 2.05) is 10.8 Å². The van der Waals surface area contributed by atoms with Crippen molar-refractivity contribution in [3.8, 4) is 0 Å². The second-order valence-corrected chi connectivity index (χ2v) is 6.04. The SMILES string of the molecule is CCC(C)n1ccnc1/C=C/C(=O)/C=C/c1coc2ccccc2c1=O. The lowest BCUT2D eigenvalue weighted by atomic mass is 10.1. The maximum absolute atomic E-state index is 12.4. The Morgan fingerprint density at radius 3 is 2.85 bits per heavy atom. The maximum atomic E-state index is 12.4. The maximum Gasteiger partial charge on any atom is 0.199 e. The molecule has 0 saturated carbocycles. The van der Waals surface area contributed by atoms with Gasteiger partial charge in [0.15, 0.2) is 11.2 Å². The Labute approximate surface area is 151 Å². The number of aromatic nitrogens is 2. The minimum absolute atomic E-state index is 0.160. The second-order valence-electron chi connectivity index (χ2n) is 6.04. The van der Waals surface area contributed by atoms with Crippen LogP contribution < -0.4 is 5.43 Å². The lowest BCUT2D eigenvalue weighted by Crippen LogP contribution is -2.05. The molecule has 3 rings (SSSR count). The minimum atomic E-state index is -0.226. The van der Waals surface area contributed by atoms with Crippen molar-refractivity contribution >= 4 is 28.9 Å². The van der Waals surface area contributed by atoms with Crippen molar-refractivity contribution in [3.63, 3.8) is 0 Å². The Balaban J connectivity index is 1.77. The molecule has 0 radical (unpaired) electrons. The summed E-state index contributed by atoms with van der Waals surface area (Å²) in [5.41, 5.74) is 0.705. The molecule has 1 unspecified atom stereocenters. The summed E-state index contributed by atoms with van der Waals surface area (Å²) in [6.07, 6.45) is 11.9. The van der Waals surface area contributed by atoms with Gasteiger partial charge in [-0.1, -0.05) is 19.1 Å². The topological polar surface area (TPSA) is 65.1 Å². The van der Waals surface area contributed by atoms with Gasteiger partial charge in [0.2, 0.25) is 0 Å². The fourth-order valence-electron chi connectivity index (χ4n) is 2.62. The summed E-state index contributed by atoms with van der Waals surface area (Å²) in [6.45, 7) is 4.20. The van der Waals surface area contributed by atoms with Crippen LogP contribution in [0.3, 0.4) is 0 Å². The first-order valence-electron chi connectivity index (χ1n) is 8.53. The van der Waals surface area contributed by atoms with Crippen molar-refractivity contribution in [2.45, 2.75) is 26.3 Å². The third-order valence-electron chi connectivity index (χ3n) is 4.29. The van der Waals surface area contributed by atoms with Gasteiger partial charge in [-0.2, -0.15) is 0 Å². The zero-order chi connectivity index (χ0) is 18.5. The molecule has 132 valence electrons. The fourth-order valence-corrected chi connectivity index (χ4v) is 2.62. The van der Waals surface area contributed by atoms with Crippen molar-refractivity contribution in [3.05, 3.63) is 76.7 Å². The van der Waals surface area contributed by atoms with Crippen LogP contribution >= 0.6 is 0 Å². The van der Waals surface area contributed by atoms with Crippen LogP contribution in [0, 0.1) is 0 Å². The quantitative estimate of drug-likeness (QED) is 0.625. The molecule has 5 heteroatoms. The number of ketones is 1. The first kappa shape index (κ1) is 17.6. The molecule has 0 aliphatic carbocycles. The monoisotopic (exact) mass is 348 g/mol. The second kappa shape index (κ2) is 7.78. The first-order valence-corrected chi connectivity index (χ1v) is 8.53. The van der Waals surface area contributed by atoms with E-state index >= 15 is 0 Å². The smallest absolute Gasteiger partial charge is 0.199 e. The van der Waals surface area contributed by atoms with Gasteiger partial charge in [0.25, 0.3) is 0 Å². The molecule has 2 heterocycles. The Morgan fingerprint density at radius 2 is 2.04 bits per heavy atom. The van der Waals surface area contributed by atoms with Gasteiger partial charge in [-0.3, -0.25) is 9.59 Å². The van der Waals surface area contributed by atoms with Crippen molar-refractivity contribution < 1.29 is 9.21 Å². The summed E-state index contributed by atoms with van der Waals surface area (Å²) in [5.74, 6) is 0.502. The number of benzene rings is 1. The van der Waals surface area contributed by atoms with Gasteiger partial charge < -0.3 is 8.98 Å². The summed E-state index contributed by atoms with van der Waals surface area (Å²) < 4.78 is 7.45. The van der Waals surface area contributed by atoms with Crippen LogP contribution in [0.25, 0.3) is 23.1 Å². The molecule has 0 bridgehead atoms. The zero-order valence-electron chi connectivity index (χ0n) is 14.8. The Kier molecular flexibility index (Phi) is 5.27. The lowest BCUT2D eigenvalue weighted by Gasteiger charge is -2.11. The molecule has 2 aromatic heterocycles. The molecule has 0 amide bonds. The summed E-state index contributed by atoms with van der Waals surface area (Å²) in [6, 6.07) is 7.33. The predicted molar refractivity (Wildman–Crippen MR) is 103 cm³/mol. The Hall–Kier alpha value is -3.21. The van der Waals surface area contributed by atoms with Crippen molar-refractivity contribution in [1.29, 1.82) is 0 Å². The average Bonchev–Trinajstić information content (AvgIpc) is 3.14. The summed E-state index contributed by atoms with van der Waals surface area (Å²) in [7, 11) is 0. The average molecular weight is 348 g/mol. The molecular formula is C21H20N2O3. The van der Waals surface area contributed by atoms with E-state index in [1.165, 1.54) is 24.5 Å². The highest BCUT2D eigenvalue weighted by atomic mass is 16.3. The molecule has 1 atom stereocenters. The molecular weight excluding hydrogens is 328 g/mol. The van der Waals surface area contributed by atoms with Crippen LogP contribution in [0.4, 0.5) is 0 Å². The molecule has 0 fully saturated rings. The van der Waals surface area contributed by atoms with Crippen LogP contribution in [-0.4, -0.2) is 15.3 Å². The molecule has 3 aromatic rings. The van der Waals surface area contributed by atoms with E-state index in [-0.39, 0.29) is 11.2 Å². The van der Waals surface area contributed by atoms with E-state index in [9.17, 15) is 9.59 Å². The molecule has 5 nitrogen and oxygen atoms in total. The molecule has 0 N–H and O–H groups in total. The molecule has 1 aromatic carbocycles.